The van der Waals surface area contributed by atoms with Gasteiger partial charge in [-0.15, -0.1) is 0 Å². The van der Waals surface area contributed by atoms with Crippen molar-refractivity contribution in [2.45, 2.75) is 51.8 Å². The number of halogens is 1. The summed E-state index contributed by atoms with van der Waals surface area (Å²) in [6, 6.07) is 2.65. The summed E-state index contributed by atoms with van der Waals surface area (Å²) in [4.78, 5) is 21.1. The molecule has 2 aliphatic rings. The van der Waals surface area contributed by atoms with E-state index in [1.165, 1.54) is 5.56 Å². The fourth-order valence-electron chi connectivity index (χ4n) is 3.31. The van der Waals surface area contributed by atoms with E-state index in [9.17, 15) is 4.79 Å². The Morgan fingerprint density at radius 1 is 1.41 bits per heavy atom. The van der Waals surface area contributed by atoms with E-state index in [2.05, 4.69) is 38.8 Å². The van der Waals surface area contributed by atoms with Crippen LogP contribution in [0.25, 0.3) is 0 Å². The van der Waals surface area contributed by atoms with Crippen molar-refractivity contribution in [2.75, 3.05) is 18.0 Å². The van der Waals surface area contributed by atoms with Gasteiger partial charge in [0.15, 0.2) is 0 Å². The fraction of sp³-hybridized carbons (Fsp3) is 0.625. The quantitative estimate of drug-likeness (QED) is 0.706. The number of nitrogens with zero attached hydrogens (tertiary/aromatic N) is 3. The van der Waals surface area contributed by atoms with Crippen molar-refractivity contribution in [1.82, 2.24) is 9.88 Å². The predicted octanol–water partition coefficient (Wildman–Crippen LogP) is 3.21. The van der Waals surface area contributed by atoms with E-state index in [-0.39, 0.29) is 18.2 Å². The first-order chi connectivity index (χ1) is 10.2. The highest BCUT2D eigenvalue weighted by atomic mass is 79.9. The molecule has 3 heterocycles. The van der Waals surface area contributed by atoms with Crippen LogP contribution in [-0.2, 0) is 11.2 Å². The van der Waals surface area contributed by atoms with E-state index in [4.69, 9.17) is 4.74 Å². The maximum Gasteiger partial charge on any atom is 0.410 e. The summed E-state index contributed by atoms with van der Waals surface area (Å²) in [7, 11) is 0. The number of piperazine rings is 1. The largest absolute Gasteiger partial charge is 0.444 e. The Hall–Kier alpha value is -1.30. The van der Waals surface area contributed by atoms with Gasteiger partial charge in [0, 0.05) is 29.8 Å². The lowest BCUT2D eigenvalue weighted by Crippen LogP contribution is -2.58. The van der Waals surface area contributed by atoms with Crippen LogP contribution in [-0.4, -0.2) is 46.8 Å². The molecule has 1 aromatic heterocycles. The highest BCUT2D eigenvalue weighted by Gasteiger charge is 2.41. The molecule has 1 saturated heterocycles. The minimum Gasteiger partial charge on any atom is -0.444 e. The van der Waals surface area contributed by atoms with Gasteiger partial charge in [0.1, 0.15) is 11.4 Å². The van der Waals surface area contributed by atoms with Gasteiger partial charge in [-0.3, -0.25) is 0 Å². The molecule has 22 heavy (non-hydrogen) atoms. The van der Waals surface area contributed by atoms with Crippen LogP contribution in [0.15, 0.2) is 16.7 Å². The van der Waals surface area contributed by atoms with Crippen molar-refractivity contribution in [1.29, 1.82) is 0 Å². The van der Waals surface area contributed by atoms with Crippen LogP contribution in [0.5, 0.6) is 0 Å². The van der Waals surface area contributed by atoms with Crippen molar-refractivity contribution >= 4 is 27.8 Å². The Kier molecular flexibility index (Phi) is 3.83. The number of hydrogen-bond acceptors (Lipinski definition) is 4. The zero-order chi connectivity index (χ0) is 16.1. The summed E-state index contributed by atoms with van der Waals surface area (Å²) in [6.45, 7) is 9.20. The van der Waals surface area contributed by atoms with E-state index in [1.807, 2.05) is 31.9 Å². The average Bonchev–Trinajstić information content (AvgIpc) is 2.74. The van der Waals surface area contributed by atoms with Crippen molar-refractivity contribution in [3.63, 3.8) is 0 Å². The molecule has 1 fully saturated rings. The third kappa shape index (κ3) is 2.93. The minimum atomic E-state index is -0.456. The summed E-state index contributed by atoms with van der Waals surface area (Å²) in [5.74, 6) is 1.06. The van der Waals surface area contributed by atoms with Crippen LogP contribution < -0.4 is 4.90 Å². The fourth-order valence-corrected chi connectivity index (χ4v) is 3.69. The van der Waals surface area contributed by atoms with Crippen LogP contribution in [0.3, 0.4) is 0 Å². The molecule has 0 aliphatic carbocycles. The summed E-state index contributed by atoms with van der Waals surface area (Å²) < 4.78 is 6.52. The number of hydrogen-bond donors (Lipinski definition) is 0. The topological polar surface area (TPSA) is 45.7 Å². The molecule has 0 saturated carbocycles. The second kappa shape index (κ2) is 5.41. The van der Waals surface area contributed by atoms with Gasteiger partial charge in [0.05, 0.1) is 6.04 Å². The normalized spacial score (nSPS) is 24.0. The molecule has 1 amide bonds. The van der Waals surface area contributed by atoms with Gasteiger partial charge in [-0.2, -0.15) is 0 Å². The minimum absolute atomic E-state index is 0.218. The molecule has 2 atom stereocenters. The molecule has 0 aromatic carbocycles. The van der Waals surface area contributed by atoms with Crippen LogP contribution >= 0.6 is 15.9 Å². The third-order valence-electron chi connectivity index (χ3n) is 4.05. The van der Waals surface area contributed by atoms with Crippen LogP contribution in [0, 0.1) is 0 Å². The van der Waals surface area contributed by atoms with Crippen LogP contribution in [0.2, 0.25) is 0 Å². The second-order valence-electron chi connectivity index (χ2n) is 7.14. The van der Waals surface area contributed by atoms with Crippen molar-refractivity contribution in [3.05, 3.63) is 22.3 Å². The van der Waals surface area contributed by atoms with E-state index in [0.717, 1.165) is 16.7 Å². The molecule has 0 radical (unpaired) electrons. The molecule has 0 N–H and O–H groups in total. The van der Waals surface area contributed by atoms with E-state index in [1.54, 1.807) is 0 Å². The average molecular weight is 368 g/mol. The predicted molar refractivity (Wildman–Crippen MR) is 89.2 cm³/mol. The lowest BCUT2D eigenvalue weighted by Gasteiger charge is -2.43. The van der Waals surface area contributed by atoms with Gasteiger partial charge >= 0.3 is 6.09 Å². The SMILES string of the molecule is CC1CN(C(=O)OC(C)(C)C)CC2Cc3cc(Br)cnc3N12. The van der Waals surface area contributed by atoms with Gasteiger partial charge in [0.2, 0.25) is 0 Å². The zero-order valence-electron chi connectivity index (χ0n) is 13.5. The maximum absolute atomic E-state index is 12.3. The number of amides is 1. The molecule has 2 aliphatic heterocycles. The van der Waals surface area contributed by atoms with Gasteiger partial charge in [0.25, 0.3) is 0 Å². The maximum atomic E-state index is 12.3. The number of fused-ring (bicyclic) bond motifs is 3. The molecule has 5 nitrogen and oxygen atoms in total. The van der Waals surface area contributed by atoms with Crippen LogP contribution in [0.1, 0.15) is 33.3 Å². The zero-order valence-corrected chi connectivity index (χ0v) is 15.1. The number of carbonyl (C=O) groups is 1. The number of anilines is 1. The summed E-state index contributed by atoms with van der Waals surface area (Å²) in [5, 5.41) is 0. The standard InChI is InChI=1S/C16H22BrN3O2/c1-10-8-19(15(21)22-16(2,3)4)9-13-6-11-5-12(17)7-18-14(11)20(10)13/h5,7,10,13H,6,8-9H2,1-4H3. The molecule has 120 valence electrons. The second-order valence-corrected chi connectivity index (χ2v) is 8.05. The Morgan fingerprint density at radius 3 is 2.82 bits per heavy atom. The van der Waals surface area contributed by atoms with Gasteiger partial charge in [-0.05, 0) is 61.7 Å². The third-order valence-corrected chi connectivity index (χ3v) is 4.48. The van der Waals surface area contributed by atoms with Gasteiger partial charge in [-0.25, -0.2) is 9.78 Å². The first-order valence-corrected chi connectivity index (χ1v) is 8.44. The van der Waals surface area contributed by atoms with Gasteiger partial charge < -0.3 is 14.5 Å². The first kappa shape index (κ1) is 15.6. The van der Waals surface area contributed by atoms with Crippen molar-refractivity contribution in [3.8, 4) is 0 Å². The number of rotatable bonds is 0. The summed E-state index contributed by atoms with van der Waals surface area (Å²) >= 11 is 3.48. The monoisotopic (exact) mass is 367 g/mol. The summed E-state index contributed by atoms with van der Waals surface area (Å²) in [6.07, 6.45) is 2.55. The number of ether oxygens (including phenoxy) is 1. The molecule has 6 heteroatoms. The number of carbonyl (C=O) groups excluding carboxylic acids is 1. The molecule has 1 aromatic rings. The van der Waals surface area contributed by atoms with Gasteiger partial charge in [-0.1, -0.05) is 0 Å². The van der Waals surface area contributed by atoms with Crippen LogP contribution in [0.4, 0.5) is 10.6 Å². The van der Waals surface area contributed by atoms with Crippen molar-refractivity contribution < 1.29 is 9.53 Å². The van der Waals surface area contributed by atoms with E-state index < -0.39 is 5.60 Å². The molecule has 0 spiro atoms. The van der Waals surface area contributed by atoms with Crippen molar-refractivity contribution in [2.24, 2.45) is 0 Å². The highest BCUT2D eigenvalue weighted by Crippen LogP contribution is 2.36. The summed E-state index contributed by atoms with van der Waals surface area (Å²) in [5.41, 5.74) is 0.792. The molecule has 0 bridgehead atoms. The Morgan fingerprint density at radius 2 is 2.14 bits per heavy atom. The lowest BCUT2D eigenvalue weighted by atomic mass is 10.1. The Labute approximate surface area is 139 Å². The first-order valence-electron chi connectivity index (χ1n) is 7.65. The highest BCUT2D eigenvalue weighted by molar-refractivity contribution is 9.10. The Bertz CT molecular complexity index is 600. The number of aromatic nitrogens is 1. The number of pyridine rings is 1. The molecule has 3 rings (SSSR count). The molecule has 2 unspecified atom stereocenters. The molecular weight excluding hydrogens is 346 g/mol. The lowest BCUT2D eigenvalue weighted by molar-refractivity contribution is 0.0191. The van der Waals surface area contributed by atoms with E-state index >= 15 is 0 Å². The van der Waals surface area contributed by atoms with E-state index in [0.29, 0.717) is 13.1 Å². The smallest absolute Gasteiger partial charge is 0.410 e. The Balaban J connectivity index is 1.77. The molecular formula is C16H22BrN3O2.